The fourth-order valence-electron chi connectivity index (χ4n) is 7.49. The number of thiophene rings is 1. The number of fused-ring (bicyclic) bond motifs is 2. The number of benzene rings is 2. The van der Waals surface area contributed by atoms with Gasteiger partial charge in [-0.05, 0) is 44.5 Å². The second-order valence-corrected chi connectivity index (χ2v) is 14.0. The molecule has 3 aromatic heterocycles. The van der Waals surface area contributed by atoms with Gasteiger partial charge in [-0.3, -0.25) is 0 Å². The van der Waals surface area contributed by atoms with Crippen LogP contribution in [0.5, 0.6) is 11.8 Å². The van der Waals surface area contributed by atoms with Crippen LogP contribution in [0.2, 0.25) is 5.02 Å². The molecule has 5 aromatic rings. The maximum Gasteiger partial charge on any atom is 0.319 e. The summed E-state index contributed by atoms with van der Waals surface area (Å²) >= 11 is 7.95. The first-order valence-electron chi connectivity index (χ1n) is 15.2. The van der Waals surface area contributed by atoms with E-state index in [1.165, 1.54) is 12.1 Å². The number of rotatable bonds is 6. The summed E-state index contributed by atoms with van der Waals surface area (Å²) in [5, 5.41) is 10.4. The van der Waals surface area contributed by atoms with Crippen LogP contribution in [0.3, 0.4) is 0 Å². The molecule has 0 radical (unpaired) electrons. The predicted octanol–water partition coefficient (Wildman–Crippen LogP) is 6.31. The molecule has 0 unspecified atom stereocenters. The molecule has 47 heavy (non-hydrogen) atoms. The second kappa shape index (κ2) is 10.8. The fraction of sp³-hybridized carbons (Fsp3) is 0.333. The van der Waals surface area contributed by atoms with E-state index in [4.69, 9.17) is 37.5 Å². The summed E-state index contributed by atoms with van der Waals surface area (Å²) in [5.41, 5.74) is 13.2. The van der Waals surface area contributed by atoms with Crippen LogP contribution in [0.25, 0.3) is 32.1 Å². The number of ether oxygens (including phenoxy) is 2. The number of anilines is 3. The third-order valence-corrected chi connectivity index (χ3v) is 11.2. The molecule has 0 spiro atoms. The summed E-state index contributed by atoms with van der Waals surface area (Å²) in [5.74, 6) is -0.464. The minimum Gasteiger partial charge on any atom is -0.489 e. The molecule has 1 atom stereocenters. The van der Waals surface area contributed by atoms with Crippen molar-refractivity contribution in [1.82, 2.24) is 19.9 Å². The maximum absolute atomic E-state index is 17.2. The van der Waals surface area contributed by atoms with Crippen molar-refractivity contribution < 1.29 is 18.3 Å². The molecule has 1 aliphatic carbocycles. The number of hydrogen-bond donors (Lipinski definition) is 2. The van der Waals surface area contributed by atoms with Crippen LogP contribution >= 0.6 is 22.9 Å². The Morgan fingerprint density at radius 2 is 2.04 bits per heavy atom. The van der Waals surface area contributed by atoms with E-state index >= 15 is 4.39 Å². The molecule has 14 heteroatoms. The Hall–Kier alpha value is -4.51. The van der Waals surface area contributed by atoms with Gasteiger partial charge < -0.3 is 30.7 Å². The van der Waals surface area contributed by atoms with Crippen LogP contribution in [0.1, 0.15) is 36.9 Å². The van der Waals surface area contributed by atoms with Crippen molar-refractivity contribution in [3.8, 4) is 29.0 Å². The van der Waals surface area contributed by atoms with E-state index in [0.717, 1.165) is 36.3 Å². The van der Waals surface area contributed by atoms with Crippen molar-refractivity contribution in [3.63, 3.8) is 0 Å². The molecule has 1 saturated carbocycles. The van der Waals surface area contributed by atoms with Gasteiger partial charge in [0, 0.05) is 40.7 Å². The lowest BCUT2D eigenvalue weighted by Crippen LogP contribution is -2.39. The van der Waals surface area contributed by atoms with Crippen LogP contribution in [0.4, 0.5) is 25.4 Å². The first kappa shape index (κ1) is 29.9. The number of nitrogen functional groups attached to an aromatic ring is 2. The molecular weight excluding hydrogens is 646 g/mol. The molecule has 9 rings (SSSR count). The highest BCUT2D eigenvalue weighted by Crippen LogP contribution is 2.53. The number of aromatic nitrogens is 3. The zero-order chi connectivity index (χ0) is 32.8. The smallest absolute Gasteiger partial charge is 0.319 e. The normalized spacial score (nSPS) is 20.9. The first-order chi connectivity index (χ1) is 22.6. The van der Waals surface area contributed by atoms with Gasteiger partial charge in [-0.25, -0.2) is 13.8 Å². The average Bonchev–Trinajstić information content (AvgIpc) is 3.61. The van der Waals surface area contributed by atoms with Gasteiger partial charge in [0.05, 0.1) is 39.9 Å². The summed E-state index contributed by atoms with van der Waals surface area (Å²) in [6, 6.07) is 8.54. The number of halogens is 3. The lowest BCUT2D eigenvalue weighted by atomic mass is 9.71. The summed E-state index contributed by atoms with van der Waals surface area (Å²) in [6.45, 7) is 3.76. The number of hydrogen-bond acceptors (Lipinski definition) is 11. The molecule has 4 aliphatic rings. The largest absolute Gasteiger partial charge is 0.489 e. The highest BCUT2D eigenvalue weighted by Gasteiger charge is 2.54. The van der Waals surface area contributed by atoms with E-state index in [0.29, 0.717) is 30.8 Å². The predicted molar refractivity (Wildman–Crippen MR) is 178 cm³/mol. The molecule has 240 valence electrons. The van der Waals surface area contributed by atoms with Crippen molar-refractivity contribution in [2.45, 2.75) is 31.8 Å². The minimum atomic E-state index is -0.787. The molecule has 3 fully saturated rings. The second-order valence-electron chi connectivity index (χ2n) is 12.6. The summed E-state index contributed by atoms with van der Waals surface area (Å²) in [7, 11) is 2.11. The van der Waals surface area contributed by atoms with Gasteiger partial charge in [-0.15, -0.1) is 11.3 Å². The number of nitrogens with two attached hydrogens (primary N) is 2. The molecule has 0 amide bonds. The zero-order valence-electron chi connectivity index (χ0n) is 25.5. The number of nitrogens with zero attached hydrogens (tertiary/aromatic N) is 6. The fourth-order valence-corrected chi connectivity index (χ4v) is 8.77. The van der Waals surface area contributed by atoms with E-state index < -0.39 is 11.6 Å². The van der Waals surface area contributed by atoms with Crippen molar-refractivity contribution >= 4 is 60.6 Å². The Labute approximate surface area is 277 Å². The van der Waals surface area contributed by atoms with Crippen LogP contribution in [-0.2, 0) is 0 Å². The summed E-state index contributed by atoms with van der Waals surface area (Å²) < 4.78 is 44.8. The molecule has 10 nitrogen and oxygen atoms in total. The van der Waals surface area contributed by atoms with Gasteiger partial charge in [0.1, 0.15) is 40.6 Å². The molecule has 2 bridgehead atoms. The van der Waals surface area contributed by atoms with Crippen molar-refractivity contribution in [2.24, 2.45) is 5.41 Å². The molecule has 3 aliphatic heterocycles. The van der Waals surface area contributed by atoms with Gasteiger partial charge in [0.25, 0.3) is 0 Å². The van der Waals surface area contributed by atoms with Gasteiger partial charge in [-0.2, -0.15) is 15.2 Å². The SMILES string of the molecule is C[C@H](c1cccnc1N)N1CCOc2c(Cl)c(-c3ccc(F)c4sc(N)c(C#N)c34)c(F)c3nc(OCC45CC(C4)N(C)C5)nc1c23. The van der Waals surface area contributed by atoms with E-state index in [1.54, 1.807) is 12.3 Å². The Balaban J connectivity index is 1.36. The standard InChI is InChI=1S/C33H29ClF2N8O2S/c1-15(17-4-3-7-40-29(17)38)44-8-9-45-27-23-26(41-32(42-31(23)44)46-14-33-10-16(11-33)43(2)13-33)25(36)22(24(27)34)18-5-6-20(35)28-21(18)19(12-37)30(39)47-28/h3-7,15-16H,8-11,13-14,39H2,1-2H3,(H2,38,40)/t15-,16?,33?/m1/s1. The Kier molecular flexibility index (Phi) is 6.84. The third-order valence-electron chi connectivity index (χ3n) is 9.83. The van der Waals surface area contributed by atoms with Crippen LogP contribution in [0, 0.1) is 28.4 Å². The lowest BCUT2D eigenvalue weighted by Gasteiger charge is -2.36. The van der Waals surface area contributed by atoms with Crippen LogP contribution < -0.4 is 25.8 Å². The van der Waals surface area contributed by atoms with Gasteiger partial charge in [0.15, 0.2) is 11.6 Å². The number of pyridine rings is 1. The van der Waals surface area contributed by atoms with E-state index in [1.807, 2.05) is 24.0 Å². The number of nitriles is 1. The van der Waals surface area contributed by atoms with Crippen molar-refractivity contribution in [1.29, 1.82) is 5.26 Å². The molecule has 2 aromatic carbocycles. The van der Waals surface area contributed by atoms with Crippen LogP contribution in [-0.4, -0.2) is 59.2 Å². The molecule has 2 saturated heterocycles. The van der Waals surface area contributed by atoms with Gasteiger partial charge >= 0.3 is 6.01 Å². The van der Waals surface area contributed by atoms with E-state index in [9.17, 15) is 9.65 Å². The van der Waals surface area contributed by atoms with Gasteiger partial charge in [0.2, 0.25) is 0 Å². The van der Waals surface area contributed by atoms with Gasteiger partial charge in [-0.1, -0.05) is 23.7 Å². The summed E-state index contributed by atoms with van der Waals surface area (Å²) in [6.07, 6.45) is 3.66. The lowest BCUT2D eigenvalue weighted by molar-refractivity contribution is 0.0931. The first-order valence-corrected chi connectivity index (χ1v) is 16.4. The summed E-state index contributed by atoms with van der Waals surface area (Å²) in [4.78, 5) is 18.0. The van der Waals surface area contributed by atoms with E-state index in [-0.39, 0.29) is 77.5 Å². The highest BCUT2D eigenvalue weighted by molar-refractivity contribution is 7.23. The minimum absolute atomic E-state index is 0.00669. The third kappa shape index (κ3) is 4.46. The average molecular weight is 675 g/mol. The Morgan fingerprint density at radius 1 is 1.23 bits per heavy atom. The topological polar surface area (TPSA) is 139 Å². The Bertz CT molecular complexity index is 2170. The van der Waals surface area contributed by atoms with Crippen molar-refractivity contribution in [2.75, 3.05) is 49.7 Å². The Morgan fingerprint density at radius 3 is 2.77 bits per heavy atom. The maximum atomic E-state index is 17.2. The molecule has 6 heterocycles. The monoisotopic (exact) mass is 674 g/mol. The van der Waals surface area contributed by atoms with Crippen molar-refractivity contribution in [3.05, 3.63) is 58.2 Å². The van der Waals surface area contributed by atoms with Crippen LogP contribution in [0.15, 0.2) is 30.5 Å². The highest BCUT2D eigenvalue weighted by atomic mass is 35.5. The quantitative estimate of drug-likeness (QED) is 0.211. The molecule has 4 N–H and O–H groups in total. The zero-order valence-corrected chi connectivity index (χ0v) is 27.1. The van der Waals surface area contributed by atoms with E-state index in [2.05, 4.69) is 21.9 Å². The molecular formula is C33H29ClF2N8O2S.